The van der Waals surface area contributed by atoms with E-state index in [-0.39, 0.29) is 6.04 Å². The van der Waals surface area contributed by atoms with Crippen LogP contribution in [0.5, 0.6) is 0 Å². The van der Waals surface area contributed by atoms with Crippen molar-refractivity contribution in [2.45, 2.75) is 33.2 Å². The Morgan fingerprint density at radius 1 is 1.19 bits per heavy atom. The molecule has 2 aromatic rings. The summed E-state index contributed by atoms with van der Waals surface area (Å²) in [7, 11) is 0. The number of hydrogen-bond acceptors (Lipinski definition) is 2. The molecule has 1 N–H and O–H groups in total. The lowest BCUT2D eigenvalue weighted by atomic mass is 10.0. The van der Waals surface area contributed by atoms with E-state index in [1.54, 1.807) is 11.3 Å². The predicted octanol–water partition coefficient (Wildman–Crippen LogP) is 6.63. The van der Waals surface area contributed by atoms with Gasteiger partial charge >= 0.3 is 0 Å². The Bertz CT molecular complexity index is 639. The van der Waals surface area contributed by atoms with Gasteiger partial charge in [0.05, 0.1) is 11.1 Å². The largest absolute Gasteiger partial charge is 0.306 e. The van der Waals surface area contributed by atoms with Crippen LogP contribution in [0.4, 0.5) is 0 Å². The van der Waals surface area contributed by atoms with Crippen LogP contribution in [-0.4, -0.2) is 6.54 Å². The average molecular weight is 452 g/mol. The molecule has 1 heterocycles. The highest BCUT2D eigenvalue weighted by Gasteiger charge is 2.22. The molecule has 0 saturated heterocycles. The molecule has 0 amide bonds. The van der Waals surface area contributed by atoms with Crippen molar-refractivity contribution in [3.05, 3.63) is 53.0 Å². The summed E-state index contributed by atoms with van der Waals surface area (Å²) in [5.74, 6) is 0. The van der Waals surface area contributed by atoms with Gasteiger partial charge in [0, 0.05) is 13.8 Å². The summed E-state index contributed by atoms with van der Waals surface area (Å²) in [4.78, 5) is 1.18. The summed E-state index contributed by atoms with van der Waals surface area (Å²) < 4.78 is 2.23. The minimum absolute atomic E-state index is 0.113. The number of nitrogens with one attached hydrogen (secondary N) is 1. The Balaban J connectivity index is 2.50. The van der Waals surface area contributed by atoms with Gasteiger partial charge in [-0.25, -0.2) is 0 Å². The highest BCUT2D eigenvalue weighted by Crippen LogP contribution is 2.39. The van der Waals surface area contributed by atoms with Crippen LogP contribution < -0.4 is 5.32 Å². The zero-order chi connectivity index (χ0) is 15.6. The van der Waals surface area contributed by atoms with Crippen molar-refractivity contribution >= 4 is 54.8 Å². The predicted molar refractivity (Wildman–Crippen MR) is 101 cm³/mol. The normalized spacial score (nSPS) is 12.7. The molecule has 0 bridgehead atoms. The van der Waals surface area contributed by atoms with Gasteiger partial charge in [0.15, 0.2) is 0 Å². The van der Waals surface area contributed by atoms with Crippen molar-refractivity contribution in [3.8, 4) is 0 Å². The maximum atomic E-state index is 6.50. The van der Waals surface area contributed by atoms with Crippen molar-refractivity contribution in [1.82, 2.24) is 5.32 Å². The second-order valence-corrected chi connectivity index (χ2v) is 8.10. The number of rotatable bonds is 5. The fourth-order valence-corrected chi connectivity index (χ4v) is 4.60. The highest BCUT2D eigenvalue weighted by atomic mass is 79.9. The molecule has 1 unspecified atom stereocenters. The molecule has 0 aliphatic heterocycles. The molecule has 2 rings (SSSR count). The van der Waals surface area contributed by atoms with E-state index < -0.39 is 0 Å². The van der Waals surface area contributed by atoms with Gasteiger partial charge in [-0.05, 0) is 61.0 Å². The molecule has 0 spiro atoms. The molecule has 0 aliphatic rings. The third-order valence-corrected chi connectivity index (χ3v) is 6.69. The minimum atomic E-state index is 0.113. The van der Waals surface area contributed by atoms with E-state index in [0.717, 1.165) is 32.5 Å². The molecular formula is C16H18Br2ClNS. The molecule has 1 aromatic heterocycles. The van der Waals surface area contributed by atoms with Gasteiger partial charge in [0.1, 0.15) is 0 Å². The van der Waals surface area contributed by atoms with Gasteiger partial charge in [-0.3, -0.25) is 0 Å². The van der Waals surface area contributed by atoms with Crippen LogP contribution in [0.3, 0.4) is 0 Å². The van der Waals surface area contributed by atoms with Crippen molar-refractivity contribution in [1.29, 1.82) is 0 Å². The summed E-state index contributed by atoms with van der Waals surface area (Å²) in [5.41, 5.74) is 3.57. The molecule has 0 aliphatic carbocycles. The van der Waals surface area contributed by atoms with Crippen LogP contribution in [0.15, 0.2) is 26.5 Å². The van der Waals surface area contributed by atoms with Crippen molar-refractivity contribution in [2.75, 3.05) is 6.54 Å². The van der Waals surface area contributed by atoms with Crippen LogP contribution in [0.25, 0.3) is 0 Å². The van der Waals surface area contributed by atoms with Crippen LogP contribution >= 0.6 is 54.8 Å². The number of hydrogen-bond donors (Lipinski definition) is 1. The molecule has 21 heavy (non-hydrogen) atoms. The SMILES string of the molecule is CCCNC(c1cc(Br)c(C)cc1Br)c1scc(C)c1Cl. The van der Waals surface area contributed by atoms with Gasteiger partial charge in [0.2, 0.25) is 0 Å². The van der Waals surface area contributed by atoms with Crippen LogP contribution in [0.1, 0.15) is 41.0 Å². The molecule has 5 heteroatoms. The van der Waals surface area contributed by atoms with E-state index >= 15 is 0 Å². The first-order chi connectivity index (χ1) is 9.95. The first kappa shape index (κ1) is 17.5. The lowest BCUT2D eigenvalue weighted by Gasteiger charge is -2.21. The smallest absolute Gasteiger partial charge is 0.0697 e. The number of aryl methyl sites for hydroxylation is 2. The maximum absolute atomic E-state index is 6.50. The van der Waals surface area contributed by atoms with E-state index in [2.05, 4.69) is 75.5 Å². The van der Waals surface area contributed by atoms with Gasteiger partial charge < -0.3 is 5.32 Å². The Morgan fingerprint density at radius 3 is 2.48 bits per heavy atom. The Kier molecular flexibility index (Phi) is 6.33. The van der Waals surface area contributed by atoms with Crippen molar-refractivity contribution in [3.63, 3.8) is 0 Å². The molecule has 0 saturated carbocycles. The van der Waals surface area contributed by atoms with Gasteiger partial charge in [-0.2, -0.15) is 0 Å². The van der Waals surface area contributed by atoms with E-state index in [1.807, 2.05) is 0 Å². The number of thiophene rings is 1. The van der Waals surface area contributed by atoms with Crippen LogP contribution in [0.2, 0.25) is 5.02 Å². The number of halogens is 3. The van der Waals surface area contributed by atoms with Gasteiger partial charge in [-0.1, -0.05) is 50.4 Å². The van der Waals surface area contributed by atoms with Gasteiger partial charge in [0.25, 0.3) is 0 Å². The quantitative estimate of drug-likeness (QED) is 0.538. The lowest BCUT2D eigenvalue weighted by Crippen LogP contribution is -2.23. The van der Waals surface area contributed by atoms with Crippen molar-refractivity contribution < 1.29 is 0 Å². The van der Waals surface area contributed by atoms with E-state index in [9.17, 15) is 0 Å². The fraction of sp³-hybridized carbons (Fsp3) is 0.375. The zero-order valence-corrected chi connectivity index (χ0v) is 17.0. The fourth-order valence-electron chi connectivity index (χ4n) is 2.16. The summed E-state index contributed by atoms with van der Waals surface area (Å²) in [6.07, 6.45) is 1.09. The molecule has 114 valence electrons. The summed E-state index contributed by atoms with van der Waals surface area (Å²) in [5, 5.41) is 6.61. The lowest BCUT2D eigenvalue weighted by molar-refractivity contribution is 0.604. The van der Waals surface area contributed by atoms with E-state index in [1.165, 1.54) is 16.0 Å². The van der Waals surface area contributed by atoms with Crippen LogP contribution in [-0.2, 0) is 0 Å². The zero-order valence-electron chi connectivity index (χ0n) is 12.3. The summed E-state index contributed by atoms with van der Waals surface area (Å²) in [6.45, 7) is 7.27. The third kappa shape index (κ3) is 3.91. The molecule has 0 radical (unpaired) electrons. The first-order valence-electron chi connectivity index (χ1n) is 6.88. The Hall–Kier alpha value is 0.130. The van der Waals surface area contributed by atoms with E-state index in [4.69, 9.17) is 11.6 Å². The van der Waals surface area contributed by atoms with Crippen molar-refractivity contribution in [2.24, 2.45) is 0 Å². The van der Waals surface area contributed by atoms with Crippen LogP contribution in [0, 0.1) is 13.8 Å². The Labute approximate surface area is 152 Å². The molecule has 0 fully saturated rings. The Morgan fingerprint density at radius 2 is 1.90 bits per heavy atom. The number of benzene rings is 1. The molecular weight excluding hydrogens is 434 g/mol. The van der Waals surface area contributed by atoms with Gasteiger partial charge in [-0.15, -0.1) is 11.3 Å². The topological polar surface area (TPSA) is 12.0 Å². The standard InChI is InChI=1S/C16H18Br2ClNS/c1-4-5-20-15(16-14(19)10(3)8-21-16)11-7-12(17)9(2)6-13(11)18/h6-8,15,20H,4-5H2,1-3H3. The molecule has 1 atom stereocenters. The minimum Gasteiger partial charge on any atom is -0.306 e. The summed E-state index contributed by atoms with van der Waals surface area (Å²) >= 11 is 15.6. The average Bonchev–Trinajstić information content (AvgIpc) is 2.77. The summed E-state index contributed by atoms with van der Waals surface area (Å²) in [6, 6.07) is 4.44. The third-order valence-electron chi connectivity index (χ3n) is 3.37. The first-order valence-corrected chi connectivity index (χ1v) is 9.72. The molecule has 1 aromatic carbocycles. The maximum Gasteiger partial charge on any atom is 0.0697 e. The van der Waals surface area contributed by atoms with E-state index in [0.29, 0.717) is 0 Å². The molecule has 1 nitrogen and oxygen atoms in total. The monoisotopic (exact) mass is 449 g/mol. The second-order valence-electron chi connectivity index (χ2n) is 5.11. The highest BCUT2D eigenvalue weighted by molar-refractivity contribution is 9.11. The second kappa shape index (κ2) is 7.60.